The number of carbonyl (C=O) groups is 2. The Morgan fingerprint density at radius 2 is 1.59 bits per heavy atom. The molecule has 13 nitrogen and oxygen atoms in total. The Kier molecular flexibility index (Phi) is 18.8. The normalized spacial score (nSPS) is 23.4. The van der Waals surface area contributed by atoms with Crippen molar-refractivity contribution in [3.05, 3.63) is 71.8 Å². The zero-order valence-electron chi connectivity index (χ0n) is 38.5. The number of amides is 2. The van der Waals surface area contributed by atoms with Crippen molar-refractivity contribution in [2.75, 3.05) is 46.8 Å². The number of nitrogens with zero attached hydrogens (tertiary/aromatic N) is 2. The number of allylic oxidation sites excluding steroid dienone is 1. The lowest BCUT2D eigenvalue weighted by Crippen LogP contribution is -2.69. The van der Waals surface area contributed by atoms with Crippen LogP contribution in [0.3, 0.4) is 0 Å². The summed E-state index contributed by atoms with van der Waals surface area (Å²) in [6, 6.07) is 10.0. The molecular weight excluding hydrogens is 815 g/mol. The molecule has 0 spiro atoms. The molecule has 13 heteroatoms. The van der Waals surface area contributed by atoms with Crippen LogP contribution in [0, 0.1) is 17.8 Å². The largest absolute Gasteiger partial charge is 0.459 e. The number of oxime groups is 1. The lowest BCUT2D eigenvalue weighted by atomic mass is 9.55. The maximum absolute atomic E-state index is 14.6. The minimum absolute atomic E-state index is 0.0238. The van der Waals surface area contributed by atoms with Gasteiger partial charge in [-0.1, -0.05) is 94.9 Å². The molecular formula is C51H73N3O10. The number of likely N-dealkylation sites (N-methyl/N-ethyl adjacent to an activating group) is 1. The highest BCUT2D eigenvalue weighted by atomic mass is 16.7. The van der Waals surface area contributed by atoms with E-state index in [4.69, 9.17) is 33.7 Å². The number of ether oxygens (including phenoxy) is 5. The van der Waals surface area contributed by atoms with Crippen molar-refractivity contribution < 1.29 is 48.3 Å². The van der Waals surface area contributed by atoms with Gasteiger partial charge in [-0.3, -0.25) is 4.79 Å². The molecule has 0 saturated heterocycles. The molecule has 2 aliphatic carbocycles. The lowest BCUT2D eigenvalue weighted by molar-refractivity contribution is -0.252. The van der Waals surface area contributed by atoms with Gasteiger partial charge in [-0.05, 0) is 92.8 Å². The first-order valence-electron chi connectivity index (χ1n) is 24.1. The second kappa shape index (κ2) is 24.6. The van der Waals surface area contributed by atoms with Gasteiger partial charge >= 0.3 is 6.09 Å². The summed E-state index contributed by atoms with van der Waals surface area (Å²) in [6.07, 6.45) is 20.4. The fraction of sp³-hybridized carbons (Fsp3) is 0.627. The van der Waals surface area contributed by atoms with Crippen LogP contribution in [0.25, 0.3) is 0 Å². The molecule has 0 aromatic heterocycles. The van der Waals surface area contributed by atoms with Crippen LogP contribution in [0.15, 0.2) is 65.9 Å². The summed E-state index contributed by atoms with van der Waals surface area (Å²) in [5.74, 6) is -0.273. The van der Waals surface area contributed by atoms with E-state index in [1.165, 1.54) is 44.9 Å². The molecule has 2 aromatic rings. The Morgan fingerprint density at radius 3 is 2.31 bits per heavy atom. The van der Waals surface area contributed by atoms with Crippen LogP contribution < -0.4 is 24.3 Å². The topological polar surface area (TPSA) is 158 Å². The third kappa shape index (κ3) is 11.8. The van der Waals surface area contributed by atoms with E-state index in [-0.39, 0.29) is 56.7 Å². The SMILES string of the molecule is C=CCOC12Oc3ccc(OC(=O)NCCCCCCCCCCCC)cc3C3C(CCCCO)C(CCCCO)C=C(C(=NOCC)CC1N(C)C(=O)c1ccc4c(c1)OCO4)C32. The van der Waals surface area contributed by atoms with Crippen molar-refractivity contribution in [3.8, 4) is 23.0 Å². The predicted octanol–water partition coefficient (Wildman–Crippen LogP) is 9.85. The molecule has 2 heterocycles. The van der Waals surface area contributed by atoms with E-state index in [9.17, 15) is 19.8 Å². The summed E-state index contributed by atoms with van der Waals surface area (Å²) in [5.41, 5.74) is 2.93. The quantitative estimate of drug-likeness (QED) is 0.0448. The van der Waals surface area contributed by atoms with Crippen molar-refractivity contribution >= 4 is 17.7 Å². The zero-order valence-corrected chi connectivity index (χ0v) is 38.5. The van der Waals surface area contributed by atoms with Gasteiger partial charge in [0, 0.05) is 50.3 Å². The van der Waals surface area contributed by atoms with Gasteiger partial charge in [-0.25, -0.2) is 4.79 Å². The third-order valence-corrected chi connectivity index (χ3v) is 13.4. The van der Waals surface area contributed by atoms with Crippen LogP contribution in [0.2, 0.25) is 0 Å². The highest BCUT2D eigenvalue weighted by molar-refractivity contribution is 6.03. The molecule has 1 fully saturated rings. The molecule has 64 heavy (non-hydrogen) atoms. The lowest BCUT2D eigenvalue weighted by Gasteiger charge is -2.59. The molecule has 2 amide bonds. The van der Waals surface area contributed by atoms with Crippen LogP contribution >= 0.6 is 0 Å². The van der Waals surface area contributed by atoms with E-state index < -0.39 is 23.8 Å². The van der Waals surface area contributed by atoms with Crippen molar-refractivity contribution in [2.45, 2.75) is 141 Å². The van der Waals surface area contributed by atoms with Gasteiger partial charge in [0.25, 0.3) is 5.91 Å². The van der Waals surface area contributed by atoms with Crippen LogP contribution in [0.1, 0.15) is 145 Å². The standard InChI is InChI=1S/C51H73N3O10/c1-5-8-9-10-11-12-13-14-15-18-27-52-50(58)63-38-24-26-43-41(33-38)47-39(22-17-20-29-56)36(21-16-19-28-55)31-40-42(53-62-7-3)34-46(51(64-43,48(40)47)61-30-6-2)54(4)49(57)37-23-25-44-45(32-37)60-35-59-44/h6,23-26,31-33,36,39,46-48,55-56H,2,5,7-22,27-30,34-35H2,1,3-4H3,(H,52,58). The Labute approximate surface area is 380 Å². The summed E-state index contributed by atoms with van der Waals surface area (Å²) < 4.78 is 31.4. The van der Waals surface area contributed by atoms with E-state index in [1.54, 1.807) is 42.3 Å². The molecule has 0 bridgehead atoms. The van der Waals surface area contributed by atoms with Gasteiger partial charge in [-0.15, -0.1) is 6.58 Å². The Balaban J connectivity index is 1.34. The van der Waals surface area contributed by atoms with Crippen molar-refractivity contribution in [1.82, 2.24) is 10.2 Å². The van der Waals surface area contributed by atoms with Crippen LogP contribution in [0.4, 0.5) is 4.79 Å². The summed E-state index contributed by atoms with van der Waals surface area (Å²) in [4.78, 5) is 35.4. The minimum Gasteiger partial charge on any atom is -0.459 e. The van der Waals surface area contributed by atoms with Gasteiger partial charge in [0.1, 0.15) is 24.1 Å². The van der Waals surface area contributed by atoms with Crippen LogP contribution in [0.5, 0.6) is 23.0 Å². The van der Waals surface area contributed by atoms with Gasteiger partial charge in [0.15, 0.2) is 11.5 Å². The first-order chi connectivity index (χ1) is 31.3. The Morgan fingerprint density at radius 1 is 0.891 bits per heavy atom. The predicted molar refractivity (Wildman–Crippen MR) is 247 cm³/mol. The van der Waals surface area contributed by atoms with Crippen molar-refractivity contribution in [2.24, 2.45) is 22.9 Å². The number of benzene rings is 2. The van der Waals surface area contributed by atoms with E-state index in [1.807, 2.05) is 19.1 Å². The molecule has 1 saturated carbocycles. The third-order valence-electron chi connectivity index (χ3n) is 13.4. The van der Waals surface area contributed by atoms with Crippen molar-refractivity contribution in [1.29, 1.82) is 0 Å². The molecule has 3 N–H and O–H groups in total. The number of fused-ring (bicyclic) bond motifs is 3. The average Bonchev–Trinajstić information content (AvgIpc) is 3.78. The van der Waals surface area contributed by atoms with E-state index in [0.717, 1.165) is 56.1 Å². The number of carbonyl (C=O) groups excluding carboxylic acids is 2. The summed E-state index contributed by atoms with van der Waals surface area (Å²) >= 11 is 0. The number of aliphatic hydroxyl groups excluding tert-OH is 2. The number of hydrogen-bond donors (Lipinski definition) is 3. The average molecular weight is 888 g/mol. The first kappa shape index (κ1) is 48.9. The molecule has 4 aliphatic rings. The van der Waals surface area contributed by atoms with E-state index >= 15 is 0 Å². The zero-order chi connectivity index (χ0) is 45.3. The van der Waals surface area contributed by atoms with Gasteiger partial charge in [0.05, 0.1) is 18.2 Å². The second-order valence-corrected chi connectivity index (χ2v) is 17.7. The van der Waals surface area contributed by atoms with Gasteiger partial charge in [0.2, 0.25) is 12.6 Å². The van der Waals surface area contributed by atoms with E-state index in [2.05, 4.69) is 24.9 Å². The molecule has 352 valence electrons. The summed E-state index contributed by atoms with van der Waals surface area (Å²) in [5, 5.41) is 27.5. The number of aliphatic hydroxyl groups is 2. The molecule has 2 aliphatic heterocycles. The van der Waals surface area contributed by atoms with Crippen LogP contribution in [-0.2, 0) is 9.57 Å². The summed E-state index contributed by atoms with van der Waals surface area (Å²) in [7, 11) is 1.77. The van der Waals surface area contributed by atoms with Gasteiger partial charge in [-0.2, -0.15) is 0 Å². The monoisotopic (exact) mass is 888 g/mol. The van der Waals surface area contributed by atoms with E-state index in [0.29, 0.717) is 60.3 Å². The number of nitrogens with one attached hydrogen (secondary N) is 1. The fourth-order valence-corrected chi connectivity index (χ4v) is 10.3. The highest BCUT2D eigenvalue weighted by Gasteiger charge is 2.65. The van der Waals surface area contributed by atoms with Gasteiger partial charge < -0.3 is 49.0 Å². The summed E-state index contributed by atoms with van der Waals surface area (Å²) in [6.45, 7) is 9.43. The van der Waals surface area contributed by atoms with Crippen molar-refractivity contribution in [3.63, 3.8) is 0 Å². The maximum atomic E-state index is 14.6. The molecule has 0 radical (unpaired) electrons. The Hall–Kier alpha value is -4.59. The molecule has 2 aromatic carbocycles. The second-order valence-electron chi connectivity index (χ2n) is 17.7. The molecule has 6 unspecified atom stereocenters. The maximum Gasteiger partial charge on any atom is 0.412 e. The number of unbranched alkanes of at least 4 members (excludes halogenated alkanes) is 11. The smallest absolute Gasteiger partial charge is 0.412 e. The number of rotatable bonds is 27. The van der Waals surface area contributed by atoms with Crippen LogP contribution in [-0.4, -0.2) is 91.5 Å². The fourth-order valence-electron chi connectivity index (χ4n) is 10.3. The Bertz CT molecular complexity index is 1900. The highest BCUT2D eigenvalue weighted by Crippen LogP contribution is 2.62. The minimum atomic E-state index is -1.41. The first-order valence-corrected chi connectivity index (χ1v) is 24.1. The number of hydrogen-bond acceptors (Lipinski definition) is 11. The molecule has 6 rings (SSSR count). The molecule has 6 atom stereocenters.